The van der Waals surface area contributed by atoms with Gasteiger partial charge in [0.2, 0.25) is 11.8 Å². The number of hydrogen-bond acceptors (Lipinski definition) is 5. The molecule has 2 saturated heterocycles. The number of para-hydroxylation sites is 2. The predicted molar refractivity (Wildman–Crippen MR) is 136 cm³/mol. The molecular weight excluding hydrogens is 464 g/mol. The monoisotopic (exact) mass is 488 g/mol. The summed E-state index contributed by atoms with van der Waals surface area (Å²) in [5, 5.41) is 3.29. The van der Waals surface area contributed by atoms with E-state index in [1.54, 1.807) is 17.2 Å². The Balaban J connectivity index is 1.36. The molecule has 0 spiro atoms. The lowest BCUT2D eigenvalue weighted by Gasteiger charge is -2.18. The Labute approximate surface area is 206 Å². The third-order valence-corrected chi connectivity index (χ3v) is 7.01. The molecule has 35 heavy (non-hydrogen) atoms. The van der Waals surface area contributed by atoms with Crippen molar-refractivity contribution in [1.29, 1.82) is 0 Å². The molecule has 0 bridgehead atoms. The summed E-state index contributed by atoms with van der Waals surface area (Å²) in [6, 6.07) is 16.8. The molecule has 0 saturated carbocycles. The Morgan fingerprint density at radius 3 is 2.43 bits per heavy atom. The van der Waals surface area contributed by atoms with Gasteiger partial charge in [-0.3, -0.25) is 24.1 Å². The number of aromatic nitrogens is 1. The number of amides is 4. The molecule has 1 aromatic heterocycles. The SMILES string of the molecule is O=C(Cn1cc(/C=C2/SC(=O)N(CC(=O)N3CCCC3)C2=O)c2ccccc21)Nc1ccccc1. The molecule has 3 heterocycles. The van der Waals surface area contributed by atoms with Crippen molar-refractivity contribution < 1.29 is 19.2 Å². The summed E-state index contributed by atoms with van der Waals surface area (Å²) in [4.78, 5) is 53.6. The zero-order chi connectivity index (χ0) is 24.4. The summed E-state index contributed by atoms with van der Waals surface area (Å²) >= 11 is 0.834. The summed E-state index contributed by atoms with van der Waals surface area (Å²) in [7, 11) is 0. The van der Waals surface area contributed by atoms with Gasteiger partial charge >= 0.3 is 0 Å². The molecule has 2 aromatic carbocycles. The number of thioether (sulfide) groups is 1. The van der Waals surface area contributed by atoms with Gasteiger partial charge in [0, 0.05) is 41.4 Å². The van der Waals surface area contributed by atoms with Gasteiger partial charge in [-0.25, -0.2) is 0 Å². The fourth-order valence-electron chi connectivity index (χ4n) is 4.38. The highest BCUT2D eigenvalue weighted by atomic mass is 32.2. The van der Waals surface area contributed by atoms with Crippen LogP contribution in [0.3, 0.4) is 0 Å². The maximum Gasteiger partial charge on any atom is 0.294 e. The molecule has 3 aromatic rings. The van der Waals surface area contributed by atoms with Crippen LogP contribution in [0, 0.1) is 0 Å². The third kappa shape index (κ3) is 4.85. The number of anilines is 1. The first-order chi connectivity index (χ1) is 17.0. The highest BCUT2D eigenvalue weighted by molar-refractivity contribution is 8.18. The van der Waals surface area contributed by atoms with Gasteiger partial charge in [-0.15, -0.1) is 0 Å². The summed E-state index contributed by atoms with van der Waals surface area (Å²) in [6.45, 7) is 1.20. The van der Waals surface area contributed by atoms with E-state index in [4.69, 9.17) is 0 Å². The summed E-state index contributed by atoms with van der Waals surface area (Å²) in [5.74, 6) is -0.845. The number of nitrogens with one attached hydrogen (secondary N) is 1. The Hall–Kier alpha value is -3.85. The molecule has 0 radical (unpaired) electrons. The van der Waals surface area contributed by atoms with Gasteiger partial charge < -0.3 is 14.8 Å². The van der Waals surface area contributed by atoms with Crippen molar-refractivity contribution in [2.24, 2.45) is 0 Å². The molecule has 1 N–H and O–H groups in total. The van der Waals surface area contributed by atoms with E-state index in [0.29, 0.717) is 18.8 Å². The van der Waals surface area contributed by atoms with Gasteiger partial charge in [0.1, 0.15) is 13.1 Å². The lowest BCUT2D eigenvalue weighted by molar-refractivity contribution is -0.135. The Kier molecular flexibility index (Phi) is 6.41. The molecule has 5 rings (SSSR count). The lowest BCUT2D eigenvalue weighted by Crippen LogP contribution is -2.40. The molecule has 178 valence electrons. The minimum atomic E-state index is -0.466. The van der Waals surface area contributed by atoms with Gasteiger partial charge in [0.05, 0.1) is 4.91 Å². The zero-order valence-corrected chi connectivity index (χ0v) is 19.8. The second-order valence-electron chi connectivity index (χ2n) is 8.50. The summed E-state index contributed by atoms with van der Waals surface area (Å²) < 4.78 is 1.82. The van der Waals surface area contributed by atoms with Gasteiger partial charge in [-0.2, -0.15) is 0 Å². The number of carbonyl (C=O) groups excluding carboxylic acids is 4. The van der Waals surface area contributed by atoms with Crippen LogP contribution in [0.15, 0.2) is 65.7 Å². The van der Waals surface area contributed by atoms with Crippen molar-refractivity contribution in [3.8, 4) is 0 Å². The minimum absolute atomic E-state index is 0.0923. The first-order valence-corrected chi connectivity index (χ1v) is 12.3. The quantitative estimate of drug-likeness (QED) is 0.531. The van der Waals surface area contributed by atoms with Crippen molar-refractivity contribution in [1.82, 2.24) is 14.4 Å². The minimum Gasteiger partial charge on any atom is -0.341 e. The third-order valence-electron chi connectivity index (χ3n) is 6.10. The largest absolute Gasteiger partial charge is 0.341 e. The molecule has 0 unspecified atom stereocenters. The maximum absolute atomic E-state index is 13.0. The number of nitrogens with zero attached hydrogens (tertiary/aromatic N) is 3. The number of hydrogen-bond donors (Lipinski definition) is 1. The van der Waals surface area contributed by atoms with Crippen LogP contribution in [0.5, 0.6) is 0 Å². The average Bonchev–Trinajstić information content (AvgIpc) is 3.57. The molecule has 2 fully saturated rings. The number of fused-ring (bicyclic) bond motifs is 1. The van der Waals surface area contributed by atoms with Crippen molar-refractivity contribution in [3.05, 3.63) is 71.3 Å². The first-order valence-electron chi connectivity index (χ1n) is 11.5. The average molecular weight is 489 g/mol. The normalized spacial score (nSPS) is 17.1. The molecule has 0 atom stereocenters. The van der Waals surface area contributed by atoms with E-state index in [1.165, 1.54) is 0 Å². The fourth-order valence-corrected chi connectivity index (χ4v) is 5.21. The Morgan fingerprint density at radius 1 is 0.943 bits per heavy atom. The zero-order valence-electron chi connectivity index (χ0n) is 19.0. The molecular formula is C26H24N4O4S. The number of likely N-dealkylation sites (tertiary alicyclic amines) is 1. The van der Waals surface area contributed by atoms with E-state index in [1.807, 2.05) is 59.2 Å². The highest BCUT2D eigenvalue weighted by Crippen LogP contribution is 2.34. The van der Waals surface area contributed by atoms with Gasteiger partial charge in [0.15, 0.2) is 0 Å². The lowest BCUT2D eigenvalue weighted by atomic mass is 10.1. The van der Waals surface area contributed by atoms with Crippen LogP contribution in [0.2, 0.25) is 0 Å². The van der Waals surface area contributed by atoms with Crippen LogP contribution in [-0.4, -0.2) is 57.0 Å². The van der Waals surface area contributed by atoms with Crippen LogP contribution in [0.25, 0.3) is 17.0 Å². The van der Waals surface area contributed by atoms with E-state index in [0.717, 1.165) is 46.0 Å². The Morgan fingerprint density at radius 2 is 1.66 bits per heavy atom. The van der Waals surface area contributed by atoms with Gasteiger partial charge in [-0.1, -0.05) is 36.4 Å². The number of benzene rings is 2. The van der Waals surface area contributed by atoms with Crippen LogP contribution in [0.1, 0.15) is 18.4 Å². The van der Waals surface area contributed by atoms with Gasteiger partial charge in [0.25, 0.3) is 11.1 Å². The van der Waals surface area contributed by atoms with Gasteiger partial charge in [-0.05, 0) is 48.9 Å². The standard InChI is InChI=1S/C26H24N4O4S/c31-23(27-19-8-2-1-3-9-19)16-29-15-18(20-10-4-5-11-21(20)29)14-22-25(33)30(26(34)35-22)17-24(32)28-12-6-7-13-28/h1-5,8-11,14-15H,6-7,12-13,16-17H2,(H,27,31)/b22-14+. The number of rotatable bonds is 6. The van der Waals surface area contributed by atoms with Crippen LogP contribution in [-0.2, 0) is 20.9 Å². The van der Waals surface area contributed by atoms with Crippen molar-refractivity contribution >= 4 is 57.4 Å². The number of imide groups is 1. The molecule has 8 nitrogen and oxygen atoms in total. The van der Waals surface area contributed by atoms with Crippen LogP contribution >= 0.6 is 11.8 Å². The molecule has 0 aliphatic carbocycles. The van der Waals surface area contributed by atoms with Crippen LogP contribution in [0.4, 0.5) is 10.5 Å². The first kappa shape index (κ1) is 22.9. The van der Waals surface area contributed by atoms with E-state index >= 15 is 0 Å². The van der Waals surface area contributed by atoms with Crippen molar-refractivity contribution in [2.45, 2.75) is 19.4 Å². The molecule has 4 amide bonds. The fraction of sp³-hybridized carbons (Fsp3) is 0.231. The second kappa shape index (κ2) is 9.79. The van der Waals surface area contributed by atoms with Crippen molar-refractivity contribution in [2.75, 3.05) is 25.0 Å². The van der Waals surface area contributed by atoms with E-state index < -0.39 is 11.1 Å². The van der Waals surface area contributed by atoms with Crippen molar-refractivity contribution in [3.63, 3.8) is 0 Å². The second-order valence-corrected chi connectivity index (χ2v) is 9.49. The molecule has 9 heteroatoms. The molecule has 2 aliphatic rings. The predicted octanol–water partition coefficient (Wildman–Crippen LogP) is 3.94. The highest BCUT2D eigenvalue weighted by Gasteiger charge is 2.37. The molecule has 2 aliphatic heterocycles. The topological polar surface area (TPSA) is 91.7 Å². The summed E-state index contributed by atoms with van der Waals surface area (Å²) in [5.41, 5.74) is 2.28. The van der Waals surface area contributed by atoms with E-state index in [9.17, 15) is 19.2 Å². The maximum atomic E-state index is 13.0. The number of carbonyl (C=O) groups is 4. The smallest absolute Gasteiger partial charge is 0.294 e. The Bertz CT molecular complexity index is 1340. The van der Waals surface area contributed by atoms with E-state index in [2.05, 4.69) is 5.32 Å². The van der Waals surface area contributed by atoms with E-state index in [-0.39, 0.29) is 29.8 Å². The summed E-state index contributed by atoms with van der Waals surface area (Å²) in [6.07, 6.45) is 5.36. The van der Waals surface area contributed by atoms with Crippen LogP contribution < -0.4 is 5.32 Å².